The summed E-state index contributed by atoms with van der Waals surface area (Å²) < 4.78 is 37.3. The zero-order valence-corrected chi connectivity index (χ0v) is 18.4. The van der Waals surface area contributed by atoms with E-state index in [4.69, 9.17) is 18.8 Å². The van der Waals surface area contributed by atoms with Crippen LogP contribution < -0.4 is 10.2 Å². The van der Waals surface area contributed by atoms with Gasteiger partial charge in [-0.05, 0) is 66.1 Å². The summed E-state index contributed by atoms with van der Waals surface area (Å²) in [6.45, 7) is 14.8. The molecule has 160 valence electrons. The highest BCUT2D eigenvalue weighted by Crippen LogP contribution is 2.36. The van der Waals surface area contributed by atoms with Gasteiger partial charge < -0.3 is 23.7 Å². The summed E-state index contributed by atoms with van der Waals surface area (Å²) in [5.74, 6) is -0.135. The molecule has 0 bridgehead atoms. The van der Waals surface area contributed by atoms with Crippen molar-refractivity contribution in [2.24, 2.45) is 5.92 Å². The van der Waals surface area contributed by atoms with Crippen LogP contribution in [0.5, 0.6) is 5.75 Å². The number of nitrogens with zero attached hydrogens (tertiary/aromatic N) is 1. The first-order valence-corrected chi connectivity index (χ1v) is 10.0. The first kappa shape index (κ1) is 21.9. The molecule has 0 unspecified atom stereocenters. The molecule has 2 aliphatic rings. The normalized spacial score (nSPS) is 21.1. The molecule has 0 atom stereocenters. The van der Waals surface area contributed by atoms with Gasteiger partial charge in [0.1, 0.15) is 5.60 Å². The lowest BCUT2D eigenvalue weighted by Gasteiger charge is -2.39. The molecular weight excluding hydrogens is 376 g/mol. The monoisotopic (exact) mass is 407 g/mol. The van der Waals surface area contributed by atoms with Gasteiger partial charge in [0.05, 0.1) is 17.8 Å². The van der Waals surface area contributed by atoms with Crippen LogP contribution in [0.15, 0.2) is 18.2 Å². The van der Waals surface area contributed by atoms with Crippen LogP contribution in [-0.4, -0.2) is 54.6 Å². The van der Waals surface area contributed by atoms with E-state index < -0.39 is 29.7 Å². The van der Waals surface area contributed by atoms with Crippen LogP contribution in [0.4, 0.5) is 9.18 Å². The number of hydrogen-bond donors (Lipinski definition) is 0. The molecule has 0 aliphatic carbocycles. The van der Waals surface area contributed by atoms with Crippen LogP contribution >= 0.6 is 0 Å². The zero-order valence-electron chi connectivity index (χ0n) is 18.4. The third kappa shape index (κ3) is 4.86. The minimum absolute atomic E-state index is 0.141. The highest BCUT2D eigenvalue weighted by Gasteiger charge is 2.51. The maximum atomic E-state index is 14.2. The molecule has 0 radical (unpaired) electrons. The van der Waals surface area contributed by atoms with Gasteiger partial charge in [-0.25, -0.2) is 9.18 Å². The molecule has 0 saturated carbocycles. The van der Waals surface area contributed by atoms with Crippen molar-refractivity contribution in [3.8, 4) is 5.75 Å². The molecule has 2 aliphatic heterocycles. The van der Waals surface area contributed by atoms with Crippen LogP contribution in [0.3, 0.4) is 0 Å². The number of halogens is 1. The molecule has 29 heavy (non-hydrogen) atoms. The molecule has 2 heterocycles. The summed E-state index contributed by atoms with van der Waals surface area (Å²) >= 11 is 0. The Hall–Kier alpha value is -1.80. The van der Waals surface area contributed by atoms with E-state index in [1.54, 1.807) is 17.0 Å². The van der Waals surface area contributed by atoms with Gasteiger partial charge in [-0.3, -0.25) is 0 Å². The van der Waals surface area contributed by atoms with E-state index in [0.717, 1.165) is 0 Å². The lowest BCUT2D eigenvalue weighted by atomic mass is 9.79. The summed E-state index contributed by atoms with van der Waals surface area (Å²) in [7, 11) is -0.575. The van der Waals surface area contributed by atoms with Gasteiger partial charge in [0.2, 0.25) is 0 Å². The molecule has 2 saturated heterocycles. The van der Waals surface area contributed by atoms with E-state index in [-0.39, 0.29) is 17.8 Å². The number of amides is 1. The second-order valence-corrected chi connectivity index (χ2v) is 9.84. The van der Waals surface area contributed by atoms with E-state index in [0.29, 0.717) is 25.2 Å². The zero-order chi connectivity index (χ0) is 21.6. The Morgan fingerprint density at radius 2 is 1.79 bits per heavy atom. The molecule has 3 rings (SSSR count). The van der Waals surface area contributed by atoms with Crippen molar-refractivity contribution in [2.45, 2.75) is 65.3 Å². The van der Waals surface area contributed by atoms with Crippen LogP contribution in [-0.2, 0) is 14.0 Å². The Kier molecular flexibility index (Phi) is 5.64. The SMILES string of the molecule is CC(C)(C)OC(=O)N1CC(COc2cc(B3OC(C)(C)C(C)(C)O3)ccc2F)C1. The van der Waals surface area contributed by atoms with Gasteiger partial charge in [-0.15, -0.1) is 0 Å². The van der Waals surface area contributed by atoms with Gasteiger partial charge in [-0.1, -0.05) is 6.07 Å². The van der Waals surface area contributed by atoms with Crippen molar-refractivity contribution in [3.63, 3.8) is 0 Å². The second-order valence-electron chi connectivity index (χ2n) is 9.84. The number of carbonyl (C=O) groups is 1. The first-order chi connectivity index (χ1) is 13.3. The average Bonchev–Trinajstić information content (AvgIpc) is 2.73. The number of likely N-dealkylation sites (tertiary alicyclic amines) is 1. The third-order valence-electron chi connectivity index (χ3n) is 5.56. The van der Waals surface area contributed by atoms with Crippen LogP contribution in [0.25, 0.3) is 0 Å². The van der Waals surface area contributed by atoms with Gasteiger partial charge in [0, 0.05) is 19.0 Å². The van der Waals surface area contributed by atoms with E-state index in [1.807, 2.05) is 48.5 Å². The van der Waals surface area contributed by atoms with Crippen LogP contribution in [0.2, 0.25) is 0 Å². The molecule has 0 aromatic heterocycles. The molecule has 1 aromatic rings. The summed E-state index contributed by atoms with van der Waals surface area (Å²) in [4.78, 5) is 13.6. The minimum atomic E-state index is -0.575. The molecule has 1 aromatic carbocycles. The molecule has 8 heteroatoms. The Bertz CT molecular complexity index is 755. The Labute approximate surface area is 172 Å². The molecule has 2 fully saturated rings. The van der Waals surface area contributed by atoms with Gasteiger partial charge >= 0.3 is 13.2 Å². The van der Waals surface area contributed by atoms with Crippen LogP contribution in [0.1, 0.15) is 48.5 Å². The number of ether oxygens (including phenoxy) is 2. The molecule has 0 N–H and O–H groups in total. The van der Waals surface area contributed by atoms with Crippen molar-refractivity contribution >= 4 is 18.7 Å². The summed E-state index contributed by atoms with van der Waals surface area (Å²) in [5, 5.41) is 0. The first-order valence-electron chi connectivity index (χ1n) is 10.0. The lowest BCUT2D eigenvalue weighted by Crippen LogP contribution is -2.53. The van der Waals surface area contributed by atoms with Gasteiger partial charge in [0.25, 0.3) is 0 Å². The molecule has 6 nitrogen and oxygen atoms in total. The predicted molar refractivity (Wildman–Crippen MR) is 109 cm³/mol. The summed E-state index contributed by atoms with van der Waals surface area (Å²) in [6.07, 6.45) is -0.331. The van der Waals surface area contributed by atoms with Gasteiger partial charge in [-0.2, -0.15) is 0 Å². The second kappa shape index (κ2) is 7.47. The highest BCUT2D eigenvalue weighted by atomic mass is 19.1. The number of benzene rings is 1. The fourth-order valence-corrected chi connectivity index (χ4v) is 3.11. The van der Waals surface area contributed by atoms with Crippen molar-refractivity contribution in [3.05, 3.63) is 24.0 Å². The van der Waals surface area contributed by atoms with Crippen LogP contribution in [0, 0.1) is 11.7 Å². The predicted octanol–water partition coefficient (Wildman–Crippen LogP) is 3.37. The van der Waals surface area contributed by atoms with Crippen molar-refractivity contribution in [1.29, 1.82) is 0 Å². The Morgan fingerprint density at radius 1 is 1.21 bits per heavy atom. The topological polar surface area (TPSA) is 57.2 Å². The molecule has 0 spiro atoms. The number of rotatable bonds is 4. The Balaban J connectivity index is 1.55. The number of hydrogen-bond acceptors (Lipinski definition) is 5. The maximum absolute atomic E-state index is 14.2. The fraction of sp³-hybridized carbons (Fsp3) is 0.667. The smallest absolute Gasteiger partial charge is 0.490 e. The van der Waals surface area contributed by atoms with Crippen molar-refractivity contribution in [1.82, 2.24) is 4.90 Å². The standard InChI is InChI=1S/C21H31BFNO5/c1-19(2,3)27-18(25)24-11-14(12-24)13-26-17-10-15(8-9-16(17)23)22-28-20(4,5)21(6,7)29-22/h8-10,14H,11-13H2,1-7H3. The van der Waals surface area contributed by atoms with Gasteiger partial charge in [0.15, 0.2) is 11.6 Å². The van der Waals surface area contributed by atoms with Crippen molar-refractivity contribution in [2.75, 3.05) is 19.7 Å². The molecular formula is C21H31BFNO5. The number of carbonyl (C=O) groups excluding carboxylic acids is 1. The van der Waals surface area contributed by atoms with E-state index in [9.17, 15) is 9.18 Å². The highest BCUT2D eigenvalue weighted by molar-refractivity contribution is 6.62. The van der Waals surface area contributed by atoms with Crippen molar-refractivity contribution < 1.29 is 28.0 Å². The summed E-state index contributed by atoms with van der Waals surface area (Å²) in [6, 6.07) is 4.64. The lowest BCUT2D eigenvalue weighted by molar-refractivity contribution is -0.00805. The fourth-order valence-electron chi connectivity index (χ4n) is 3.11. The third-order valence-corrected chi connectivity index (χ3v) is 5.56. The van der Waals surface area contributed by atoms with E-state index >= 15 is 0 Å². The quantitative estimate of drug-likeness (QED) is 0.717. The summed E-state index contributed by atoms with van der Waals surface area (Å²) in [5.41, 5.74) is -0.742. The minimum Gasteiger partial charge on any atom is -0.490 e. The Morgan fingerprint density at radius 3 is 2.34 bits per heavy atom. The van der Waals surface area contributed by atoms with E-state index in [1.165, 1.54) is 6.07 Å². The maximum Gasteiger partial charge on any atom is 0.494 e. The largest absolute Gasteiger partial charge is 0.494 e. The molecule has 1 amide bonds. The average molecular weight is 407 g/mol. The van der Waals surface area contributed by atoms with E-state index in [2.05, 4.69) is 0 Å².